The number of nitrogens with one attached hydrogen (secondary N) is 4. The molecule has 1 saturated heterocycles. The van der Waals surface area contributed by atoms with Crippen LogP contribution in [0.1, 0.15) is 49.0 Å². The van der Waals surface area contributed by atoms with Crippen LogP contribution in [0.5, 0.6) is 0 Å². The van der Waals surface area contributed by atoms with E-state index in [0.29, 0.717) is 17.5 Å². The van der Waals surface area contributed by atoms with E-state index in [2.05, 4.69) is 36.3 Å². The Labute approximate surface area is 223 Å². The summed E-state index contributed by atoms with van der Waals surface area (Å²) in [5.74, 6) is 1.26. The highest BCUT2D eigenvalue weighted by Gasteiger charge is 2.27. The van der Waals surface area contributed by atoms with E-state index in [4.69, 9.17) is 0 Å². The number of nitrogens with zero attached hydrogens (tertiary/aromatic N) is 5. The second-order valence-electron chi connectivity index (χ2n) is 9.99. The Kier molecular flexibility index (Phi) is 6.92. The van der Waals surface area contributed by atoms with Gasteiger partial charge >= 0.3 is 6.03 Å². The number of aromatic nitrogens is 4. The molecule has 3 aromatic heterocycles. The summed E-state index contributed by atoms with van der Waals surface area (Å²) in [6, 6.07) is 4.11. The van der Waals surface area contributed by atoms with Crippen LogP contribution >= 0.6 is 11.8 Å². The highest BCUT2D eigenvalue weighted by atomic mass is 32.2. The van der Waals surface area contributed by atoms with Gasteiger partial charge in [0.1, 0.15) is 5.82 Å². The summed E-state index contributed by atoms with van der Waals surface area (Å²) >= 11 is 1.78. The van der Waals surface area contributed by atoms with Crippen LogP contribution in [0.25, 0.3) is 5.65 Å². The lowest BCUT2D eigenvalue weighted by molar-refractivity contribution is 0.102. The molecule has 0 unspecified atom stereocenters. The minimum atomic E-state index is -0.618. The second-order valence-corrected chi connectivity index (χ2v) is 11.1. The molecule has 3 fully saturated rings. The topological polar surface area (TPSA) is 129 Å². The number of urea groups is 1. The van der Waals surface area contributed by atoms with Crippen LogP contribution in [0, 0.1) is 5.82 Å². The van der Waals surface area contributed by atoms with Crippen molar-refractivity contribution in [3.63, 3.8) is 0 Å². The Morgan fingerprint density at radius 2 is 1.76 bits per heavy atom. The molecule has 0 aromatic carbocycles. The zero-order valence-electron chi connectivity index (χ0n) is 20.8. The normalized spacial score (nSPS) is 21.3. The maximum atomic E-state index is 14.1. The monoisotopic (exact) mass is 539 g/mol. The van der Waals surface area contributed by atoms with Gasteiger partial charge in [-0.15, -0.1) is 16.9 Å². The maximum absolute atomic E-state index is 14.1. The molecule has 3 aliphatic rings. The van der Waals surface area contributed by atoms with Crippen molar-refractivity contribution in [1.29, 1.82) is 0 Å². The molecule has 2 aliphatic carbocycles. The molecule has 11 nitrogen and oxygen atoms in total. The molecule has 3 aromatic rings. The van der Waals surface area contributed by atoms with Crippen molar-refractivity contribution in [2.45, 2.75) is 56.7 Å². The molecule has 38 heavy (non-hydrogen) atoms. The van der Waals surface area contributed by atoms with Crippen LogP contribution in [-0.2, 0) is 0 Å². The molecular weight excluding hydrogens is 509 g/mol. The summed E-state index contributed by atoms with van der Waals surface area (Å²) in [4.78, 5) is 35.5. The van der Waals surface area contributed by atoms with Crippen molar-refractivity contribution in [2.75, 3.05) is 34.1 Å². The van der Waals surface area contributed by atoms with Crippen molar-refractivity contribution >= 4 is 46.5 Å². The largest absolute Gasteiger partial charge is 0.379 e. The van der Waals surface area contributed by atoms with Gasteiger partial charge in [0.25, 0.3) is 5.91 Å². The smallest absolute Gasteiger partial charge is 0.318 e. The van der Waals surface area contributed by atoms with Gasteiger partial charge in [0.15, 0.2) is 17.2 Å². The molecular formula is C25H30FN9O2S. The first-order valence-corrected chi connectivity index (χ1v) is 14.1. The molecule has 0 atom stereocenters. The SMILES string of the molecule is O=C(Nc1ccncc1F)c1cnc2c(NC3CC3)cc(N[C@H]3CC[C@H](NC(=O)N4CCSC4)CC3)nn12. The number of thioether (sulfide) groups is 1. The van der Waals surface area contributed by atoms with Crippen LogP contribution in [0.15, 0.2) is 30.7 Å². The fourth-order valence-electron chi connectivity index (χ4n) is 4.84. The lowest BCUT2D eigenvalue weighted by Gasteiger charge is -2.31. The van der Waals surface area contributed by atoms with Crippen LogP contribution in [0.2, 0.25) is 0 Å². The number of pyridine rings is 1. The number of imidazole rings is 1. The third-order valence-electron chi connectivity index (χ3n) is 7.10. The summed E-state index contributed by atoms with van der Waals surface area (Å²) in [5.41, 5.74) is 1.57. The number of amides is 3. The van der Waals surface area contributed by atoms with E-state index in [1.165, 1.54) is 23.0 Å². The quantitative estimate of drug-likeness (QED) is 0.359. The predicted octanol–water partition coefficient (Wildman–Crippen LogP) is 3.53. The highest BCUT2D eigenvalue weighted by molar-refractivity contribution is 7.99. The molecule has 4 N–H and O–H groups in total. The molecule has 13 heteroatoms. The van der Waals surface area contributed by atoms with Crippen LogP contribution in [0.3, 0.4) is 0 Å². The van der Waals surface area contributed by atoms with E-state index in [1.807, 2.05) is 11.0 Å². The molecule has 4 heterocycles. The van der Waals surface area contributed by atoms with Crippen molar-refractivity contribution in [2.24, 2.45) is 0 Å². The predicted molar refractivity (Wildman–Crippen MR) is 144 cm³/mol. The number of hydrogen-bond donors (Lipinski definition) is 4. The number of halogens is 1. The van der Waals surface area contributed by atoms with Crippen molar-refractivity contribution in [3.05, 3.63) is 42.2 Å². The Bertz CT molecular complexity index is 1330. The highest BCUT2D eigenvalue weighted by Crippen LogP contribution is 2.30. The van der Waals surface area contributed by atoms with Gasteiger partial charge in [-0.2, -0.15) is 0 Å². The summed E-state index contributed by atoms with van der Waals surface area (Å²) in [5, 5.41) is 17.5. The number of fused-ring (bicyclic) bond motifs is 1. The summed E-state index contributed by atoms with van der Waals surface area (Å²) in [6.45, 7) is 0.810. The molecule has 0 bridgehead atoms. The number of rotatable bonds is 7. The average molecular weight is 540 g/mol. The lowest BCUT2D eigenvalue weighted by atomic mass is 9.91. The first-order valence-electron chi connectivity index (χ1n) is 13.0. The fraction of sp³-hybridized carbons (Fsp3) is 0.480. The van der Waals surface area contributed by atoms with Crippen molar-refractivity contribution in [3.8, 4) is 0 Å². The second kappa shape index (κ2) is 10.6. The van der Waals surface area contributed by atoms with Crippen molar-refractivity contribution in [1.82, 2.24) is 29.8 Å². The molecule has 6 rings (SSSR count). The summed E-state index contributed by atoms with van der Waals surface area (Å²) in [7, 11) is 0. The minimum Gasteiger partial charge on any atom is -0.379 e. The Morgan fingerprint density at radius 1 is 1.00 bits per heavy atom. The van der Waals surface area contributed by atoms with E-state index in [-0.39, 0.29) is 29.5 Å². The third kappa shape index (κ3) is 5.47. The number of hydrogen-bond acceptors (Lipinski definition) is 8. The maximum Gasteiger partial charge on any atom is 0.318 e. The van der Waals surface area contributed by atoms with E-state index in [9.17, 15) is 14.0 Å². The van der Waals surface area contributed by atoms with Gasteiger partial charge in [-0.1, -0.05) is 0 Å². The van der Waals surface area contributed by atoms with Gasteiger partial charge in [0.2, 0.25) is 0 Å². The van der Waals surface area contributed by atoms with Gasteiger partial charge in [0, 0.05) is 42.7 Å². The molecule has 3 amide bonds. The Morgan fingerprint density at radius 3 is 2.50 bits per heavy atom. The first kappa shape index (κ1) is 24.7. The van der Waals surface area contributed by atoms with Crippen molar-refractivity contribution < 1.29 is 14.0 Å². The molecule has 0 radical (unpaired) electrons. The Hall–Kier alpha value is -3.61. The summed E-state index contributed by atoms with van der Waals surface area (Å²) < 4.78 is 15.6. The Balaban J connectivity index is 1.16. The fourth-order valence-corrected chi connectivity index (χ4v) is 5.79. The molecule has 1 aliphatic heterocycles. The van der Waals surface area contributed by atoms with E-state index < -0.39 is 11.7 Å². The summed E-state index contributed by atoms with van der Waals surface area (Å²) in [6.07, 6.45) is 9.63. The minimum absolute atomic E-state index is 0.0341. The van der Waals surface area contributed by atoms with Crippen LogP contribution < -0.4 is 21.3 Å². The number of carbonyl (C=O) groups excluding carboxylic acids is 2. The lowest BCUT2D eigenvalue weighted by Crippen LogP contribution is -2.46. The first-order chi connectivity index (χ1) is 18.5. The molecule has 200 valence electrons. The molecule has 2 saturated carbocycles. The van der Waals surface area contributed by atoms with Gasteiger partial charge < -0.3 is 26.2 Å². The standard InChI is InChI=1S/C25H30FN9O2S/c26-18-12-27-8-7-19(18)32-24(36)21-13-28-23-20(29-15-1-2-15)11-22(33-35(21)23)30-16-3-5-17(6-4-16)31-25(37)34-9-10-38-14-34/h7-8,11-13,15-17,29H,1-6,9-10,14H2,(H,30,33)(H,31,37)(H,27,32,36)/t16-,17-. The van der Waals surface area contributed by atoms with Crippen LogP contribution in [-0.4, -0.2) is 72.7 Å². The zero-order valence-corrected chi connectivity index (χ0v) is 21.6. The number of carbonyl (C=O) groups is 2. The van der Waals surface area contributed by atoms with E-state index in [0.717, 1.165) is 68.6 Å². The van der Waals surface area contributed by atoms with Crippen LogP contribution in [0.4, 0.5) is 26.4 Å². The van der Waals surface area contributed by atoms with Gasteiger partial charge in [-0.05, 0) is 44.6 Å². The van der Waals surface area contributed by atoms with E-state index >= 15 is 0 Å². The third-order valence-corrected chi connectivity index (χ3v) is 8.07. The average Bonchev–Trinajstić information content (AvgIpc) is 3.37. The molecule has 0 spiro atoms. The van der Waals surface area contributed by atoms with Gasteiger partial charge in [-0.3, -0.25) is 9.78 Å². The van der Waals surface area contributed by atoms with Gasteiger partial charge in [0.05, 0.1) is 29.6 Å². The van der Waals surface area contributed by atoms with Gasteiger partial charge in [-0.25, -0.2) is 18.7 Å². The zero-order chi connectivity index (χ0) is 26.1. The van der Waals surface area contributed by atoms with E-state index in [1.54, 1.807) is 11.8 Å². The number of anilines is 3.